The van der Waals surface area contributed by atoms with Gasteiger partial charge in [0.25, 0.3) is 5.91 Å². The van der Waals surface area contributed by atoms with Crippen LogP contribution in [0.2, 0.25) is 0 Å². The van der Waals surface area contributed by atoms with Crippen molar-refractivity contribution in [3.8, 4) is 6.07 Å². The molecule has 0 unspecified atom stereocenters. The zero-order valence-corrected chi connectivity index (χ0v) is 9.76. The van der Waals surface area contributed by atoms with E-state index in [1.165, 1.54) is 0 Å². The molecule has 0 saturated carbocycles. The van der Waals surface area contributed by atoms with Gasteiger partial charge in [-0.15, -0.1) is 0 Å². The highest BCUT2D eigenvalue weighted by molar-refractivity contribution is 5.94. The fourth-order valence-corrected chi connectivity index (χ4v) is 1.58. The van der Waals surface area contributed by atoms with Gasteiger partial charge in [0, 0.05) is 12.1 Å². The molecule has 0 fully saturated rings. The van der Waals surface area contributed by atoms with Gasteiger partial charge in [-0.3, -0.25) is 4.79 Å². The maximum Gasteiger partial charge on any atom is 0.251 e. The SMILES string of the molecule is N#Cc1cc[11c](C(=O)NCc2ccccc2)cc1. The first-order valence-corrected chi connectivity index (χ1v) is 5.62. The highest BCUT2D eigenvalue weighted by Gasteiger charge is 2.04. The molecule has 0 aliphatic carbocycles. The van der Waals surface area contributed by atoms with E-state index in [1.54, 1.807) is 24.3 Å². The van der Waals surface area contributed by atoms with Crippen molar-refractivity contribution >= 4 is 5.91 Å². The highest BCUT2D eigenvalue weighted by Crippen LogP contribution is 2.04. The van der Waals surface area contributed by atoms with Crippen molar-refractivity contribution in [3.05, 3.63) is 71.3 Å². The van der Waals surface area contributed by atoms with Crippen LogP contribution in [0.25, 0.3) is 0 Å². The Morgan fingerprint density at radius 3 is 2.33 bits per heavy atom. The van der Waals surface area contributed by atoms with Gasteiger partial charge in [0.15, 0.2) is 0 Å². The molecule has 0 spiro atoms. The molecule has 88 valence electrons. The van der Waals surface area contributed by atoms with Gasteiger partial charge < -0.3 is 5.32 Å². The van der Waals surface area contributed by atoms with E-state index in [0.717, 1.165) is 5.56 Å². The number of carbonyl (C=O) groups excluding carboxylic acids is 1. The van der Waals surface area contributed by atoms with Crippen molar-refractivity contribution in [1.82, 2.24) is 5.32 Å². The van der Waals surface area contributed by atoms with Crippen molar-refractivity contribution in [2.24, 2.45) is 0 Å². The zero-order chi connectivity index (χ0) is 12.8. The number of nitrogens with one attached hydrogen (secondary N) is 1. The van der Waals surface area contributed by atoms with E-state index in [0.29, 0.717) is 17.7 Å². The van der Waals surface area contributed by atoms with E-state index in [-0.39, 0.29) is 5.91 Å². The quantitative estimate of drug-likeness (QED) is 0.888. The maximum atomic E-state index is 11.8. The van der Waals surface area contributed by atoms with Crippen molar-refractivity contribution in [2.75, 3.05) is 0 Å². The molecule has 2 aromatic rings. The number of nitriles is 1. The van der Waals surface area contributed by atoms with Gasteiger partial charge in [0.1, 0.15) is 0 Å². The number of benzene rings is 2. The predicted molar refractivity (Wildman–Crippen MR) is 68.8 cm³/mol. The number of nitrogens with zero attached hydrogens (tertiary/aromatic N) is 1. The lowest BCUT2D eigenvalue weighted by atomic mass is 9.75. The zero-order valence-electron chi connectivity index (χ0n) is 9.76. The van der Waals surface area contributed by atoms with Crippen molar-refractivity contribution in [2.45, 2.75) is 6.54 Å². The summed E-state index contributed by atoms with van der Waals surface area (Å²) in [6, 6.07) is 18.3. The Morgan fingerprint density at radius 1 is 1.06 bits per heavy atom. The summed E-state index contributed by atoms with van der Waals surface area (Å²) in [5.41, 5.74) is 2.17. The molecular weight excluding hydrogens is 223 g/mol. The van der Waals surface area contributed by atoms with Gasteiger partial charge in [-0.1, -0.05) is 30.3 Å². The van der Waals surface area contributed by atoms with Gasteiger partial charge in [-0.2, -0.15) is 5.26 Å². The van der Waals surface area contributed by atoms with E-state index >= 15 is 0 Å². The summed E-state index contributed by atoms with van der Waals surface area (Å²) in [4.78, 5) is 11.8. The standard InChI is InChI=1S/C15H12N2O/c16-10-12-6-8-14(9-7-12)15(18)17-11-13-4-2-1-3-5-13/h1-9H,11H2,(H,17,18)/i14-1. The summed E-state index contributed by atoms with van der Waals surface area (Å²) in [5.74, 6) is -0.136. The lowest BCUT2D eigenvalue weighted by Gasteiger charge is -2.05. The predicted octanol–water partition coefficient (Wildman–Crippen LogP) is 2.49. The summed E-state index contributed by atoms with van der Waals surface area (Å²) in [6.45, 7) is 0.500. The fourth-order valence-electron chi connectivity index (χ4n) is 1.58. The second-order valence-electron chi connectivity index (χ2n) is 3.86. The average Bonchev–Trinajstić information content (AvgIpc) is 2.46. The average molecular weight is 235 g/mol. The number of hydrogen-bond acceptors (Lipinski definition) is 2. The van der Waals surface area contributed by atoms with Crippen LogP contribution in [0.1, 0.15) is 21.5 Å². The van der Waals surface area contributed by atoms with Crippen LogP contribution in [0, 0.1) is 11.3 Å². The Kier molecular flexibility index (Phi) is 3.72. The van der Waals surface area contributed by atoms with Gasteiger partial charge in [0.2, 0.25) is 0 Å². The number of rotatable bonds is 3. The summed E-state index contributed by atoms with van der Waals surface area (Å²) in [6.07, 6.45) is 0. The Labute approximate surface area is 106 Å². The molecule has 0 aliphatic heterocycles. The highest BCUT2D eigenvalue weighted by atomic mass is 16.1. The Morgan fingerprint density at radius 2 is 1.72 bits per heavy atom. The molecule has 0 heterocycles. The number of carbonyl (C=O) groups is 1. The monoisotopic (exact) mass is 235 g/mol. The van der Waals surface area contributed by atoms with Crippen LogP contribution >= 0.6 is 0 Å². The second kappa shape index (κ2) is 5.65. The first-order valence-electron chi connectivity index (χ1n) is 5.62. The molecule has 0 radical (unpaired) electrons. The minimum atomic E-state index is -0.136. The maximum absolute atomic E-state index is 11.8. The van der Waals surface area contributed by atoms with Crippen LogP contribution < -0.4 is 5.32 Å². The molecule has 0 atom stereocenters. The normalized spacial score (nSPS) is 9.50. The van der Waals surface area contributed by atoms with Crippen LogP contribution in [-0.2, 0) is 6.54 Å². The minimum absolute atomic E-state index is 0.136. The van der Waals surface area contributed by atoms with Gasteiger partial charge in [-0.25, -0.2) is 0 Å². The van der Waals surface area contributed by atoms with Crippen molar-refractivity contribution < 1.29 is 4.79 Å². The van der Waals surface area contributed by atoms with Crippen LogP contribution in [0.3, 0.4) is 0 Å². The van der Waals surface area contributed by atoms with Gasteiger partial charge in [0.05, 0.1) is 11.6 Å². The van der Waals surface area contributed by atoms with E-state index in [9.17, 15) is 4.79 Å². The lowest BCUT2D eigenvalue weighted by Crippen LogP contribution is -2.22. The molecule has 18 heavy (non-hydrogen) atoms. The van der Waals surface area contributed by atoms with E-state index in [1.807, 2.05) is 36.4 Å². The van der Waals surface area contributed by atoms with Crippen LogP contribution in [0.4, 0.5) is 0 Å². The molecule has 0 bridgehead atoms. The molecule has 1 amide bonds. The van der Waals surface area contributed by atoms with Gasteiger partial charge in [-0.05, 0) is 29.8 Å². The molecule has 0 aliphatic rings. The number of amides is 1. The Bertz CT molecular complexity index is 568. The van der Waals surface area contributed by atoms with Crippen LogP contribution in [0.15, 0.2) is 54.6 Å². The molecule has 2 rings (SSSR count). The summed E-state index contributed by atoms with van der Waals surface area (Å²) >= 11 is 0. The second-order valence-corrected chi connectivity index (χ2v) is 3.86. The third-order valence-corrected chi connectivity index (χ3v) is 2.57. The molecular formula is C15H12N2O. The molecule has 0 aromatic heterocycles. The topological polar surface area (TPSA) is 52.9 Å². The first kappa shape index (κ1) is 11.9. The molecule has 3 nitrogen and oxygen atoms in total. The van der Waals surface area contributed by atoms with Crippen molar-refractivity contribution in [3.63, 3.8) is 0 Å². The van der Waals surface area contributed by atoms with Gasteiger partial charge >= 0.3 is 0 Å². The smallest absolute Gasteiger partial charge is 0.251 e. The first-order chi connectivity index (χ1) is 8.79. The van der Waals surface area contributed by atoms with Crippen LogP contribution in [0.5, 0.6) is 0 Å². The van der Waals surface area contributed by atoms with Crippen molar-refractivity contribution in [1.29, 1.82) is 5.26 Å². The van der Waals surface area contributed by atoms with Crippen LogP contribution in [-0.4, -0.2) is 5.91 Å². The third-order valence-electron chi connectivity index (χ3n) is 2.57. The van der Waals surface area contributed by atoms with E-state index < -0.39 is 0 Å². The molecule has 0 saturated heterocycles. The number of hydrogen-bond donors (Lipinski definition) is 1. The lowest BCUT2D eigenvalue weighted by molar-refractivity contribution is 0.0951. The summed E-state index contributed by atoms with van der Waals surface area (Å²) in [7, 11) is 0. The molecule has 1 N–H and O–H groups in total. The summed E-state index contributed by atoms with van der Waals surface area (Å²) in [5, 5.41) is 11.5. The van der Waals surface area contributed by atoms with E-state index in [4.69, 9.17) is 5.26 Å². The largest absolute Gasteiger partial charge is 0.348 e. The minimum Gasteiger partial charge on any atom is -0.348 e. The molecule has 3 heteroatoms. The Balaban J connectivity index is 1.98. The summed E-state index contributed by atoms with van der Waals surface area (Å²) < 4.78 is 0. The third kappa shape index (κ3) is 2.96. The van der Waals surface area contributed by atoms with E-state index in [2.05, 4.69) is 5.32 Å². The Hall–Kier alpha value is -2.60. The fraction of sp³-hybridized carbons (Fsp3) is 0.0667. The molecule has 2 aromatic carbocycles.